The standard InChI is InChI=1S/C12H8F2O2.CH3F/c13-12(14)9-3-1-2-8(6-9)11-5-4-10(7-15)16-11;1-2/h1-7,12H;1H3. The second kappa shape index (κ2) is 6.64. The normalized spacial score (nSPS) is 9.83. The number of aldehydes is 1. The first-order valence-electron chi connectivity index (χ1n) is 5.02. The monoisotopic (exact) mass is 256 g/mol. The second-order valence-electron chi connectivity index (χ2n) is 3.25. The van der Waals surface area contributed by atoms with E-state index in [1.807, 2.05) is 0 Å². The molecular formula is C13H11F3O2. The van der Waals surface area contributed by atoms with Gasteiger partial charge in [0.15, 0.2) is 12.0 Å². The Hall–Kier alpha value is -2.04. The zero-order valence-corrected chi connectivity index (χ0v) is 9.57. The van der Waals surface area contributed by atoms with E-state index in [0.717, 1.165) is 0 Å². The van der Waals surface area contributed by atoms with Crippen molar-refractivity contribution in [3.8, 4) is 11.3 Å². The maximum absolute atomic E-state index is 12.4. The summed E-state index contributed by atoms with van der Waals surface area (Å²) in [5.41, 5.74) is 0.465. The molecule has 0 aliphatic rings. The van der Waals surface area contributed by atoms with E-state index in [1.54, 1.807) is 12.1 Å². The first-order valence-corrected chi connectivity index (χ1v) is 5.02. The van der Waals surface area contributed by atoms with Crippen molar-refractivity contribution in [2.75, 3.05) is 7.18 Å². The van der Waals surface area contributed by atoms with Gasteiger partial charge in [0.1, 0.15) is 5.76 Å². The summed E-state index contributed by atoms with van der Waals surface area (Å²) < 4.78 is 39.5. The molecule has 0 atom stereocenters. The maximum atomic E-state index is 12.4. The van der Waals surface area contributed by atoms with Gasteiger partial charge in [-0.15, -0.1) is 0 Å². The summed E-state index contributed by atoms with van der Waals surface area (Å²) in [5.74, 6) is 0.585. The van der Waals surface area contributed by atoms with Crippen LogP contribution in [0.3, 0.4) is 0 Å². The molecule has 2 nitrogen and oxygen atoms in total. The molecule has 0 saturated heterocycles. The fourth-order valence-corrected chi connectivity index (χ4v) is 1.40. The van der Waals surface area contributed by atoms with Crippen LogP contribution < -0.4 is 0 Å². The van der Waals surface area contributed by atoms with Crippen molar-refractivity contribution < 1.29 is 22.4 Å². The summed E-state index contributed by atoms with van der Waals surface area (Å²) in [4.78, 5) is 10.4. The minimum atomic E-state index is -2.51. The molecule has 2 aromatic rings. The van der Waals surface area contributed by atoms with Gasteiger partial charge in [-0.05, 0) is 18.2 Å². The Morgan fingerprint density at radius 1 is 1.17 bits per heavy atom. The Morgan fingerprint density at radius 3 is 2.44 bits per heavy atom. The number of alkyl halides is 3. The smallest absolute Gasteiger partial charge is 0.263 e. The highest BCUT2D eigenvalue weighted by Gasteiger charge is 2.09. The van der Waals surface area contributed by atoms with Crippen molar-refractivity contribution in [2.45, 2.75) is 6.43 Å². The molecule has 0 aliphatic heterocycles. The largest absolute Gasteiger partial charge is 0.453 e. The molecule has 0 aliphatic carbocycles. The van der Waals surface area contributed by atoms with Gasteiger partial charge in [0.2, 0.25) is 0 Å². The van der Waals surface area contributed by atoms with Crippen LogP contribution in [0.2, 0.25) is 0 Å². The fourth-order valence-electron chi connectivity index (χ4n) is 1.40. The summed E-state index contributed by atoms with van der Waals surface area (Å²) in [7, 11) is 0.500. The van der Waals surface area contributed by atoms with Crippen molar-refractivity contribution in [3.63, 3.8) is 0 Å². The van der Waals surface area contributed by atoms with Crippen LogP contribution in [0.1, 0.15) is 22.5 Å². The number of carbonyl (C=O) groups is 1. The van der Waals surface area contributed by atoms with Gasteiger partial charge in [-0.3, -0.25) is 9.18 Å². The number of hydrogen-bond donors (Lipinski definition) is 0. The third-order valence-electron chi connectivity index (χ3n) is 2.17. The predicted molar refractivity (Wildman–Crippen MR) is 61.5 cm³/mol. The lowest BCUT2D eigenvalue weighted by atomic mass is 10.1. The molecule has 2 rings (SSSR count). The van der Waals surface area contributed by atoms with Crippen molar-refractivity contribution in [1.82, 2.24) is 0 Å². The maximum Gasteiger partial charge on any atom is 0.263 e. The highest BCUT2D eigenvalue weighted by molar-refractivity contribution is 5.72. The second-order valence-corrected chi connectivity index (χ2v) is 3.25. The number of halogens is 3. The average Bonchev–Trinajstić information content (AvgIpc) is 2.90. The van der Waals surface area contributed by atoms with Gasteiger partial charge in [-0.2, -0.15) is 0 Å². The quantitative estimate of drug-likeness (QED) is 0.767. The molecule has 18 heavy (non-hydrogen) atoms. The van der Waals surface area contributed by atoms with Crippen molar-refractivity contribution >= 4 is 6.29 Å². The Balaban J connectivity index is 0.000000771. The van der Waals surface area contributed by atoms with Gasteiger partial charge >= 0.3 is 0 Å². The van der Waals surface area contributed by atoms with Gasteiger partial charge in [-0.1, -0.05) is 18.2 Å². The number of hydrogen-bond acceptors (Lipinski definition) is 2. The highest BCUT2D eigenvalue weighted by Crippen LogP contribution is 2.26. The molecule has 0 saturated carbocycles. The van der Waals surface area contributed by atoms with Crippen molar-refractivity contribution in [3.05, 3.63) is 47.7 Å². The average molecular weight is 256 g/mol. The Bertz CT molecular complexity index is 506. The molecule has 1 heterocycles. The topological polar surface area (TPSA) is 30.2 Å². The molecule has 0 bridgehead atoms. The van der Waals surface area contributed by atoms with Gasteiger partial charge in [0.05, 0.1) is 7.18 Å². The molecule has 1 aromatic heterocycles. The van der Waals surface area contributed by atoms with Crippen molar-refractivity contribution in [2.24, 2.45) is 0 Å². The van der Waals surface area contributed by atoms with Crippen LogP contribution in [-0.2, 0) is 0 Å². The molecule has 0 fully saturated rings. The molecule has 0 unspecified atom stereocenters. The van der Waals surface area contributed by atoms with E-state index in [4.69, 9.17) is 4.42 Å². The first kappa shape index (κ1) is 14.0. The minimum absolute atomic E-state index is 0.0680. The van der Waals surface area contributed by atoms with Crippen LogP contribution >= 0.6 is 0 Å². The number of carbonyl (C=O) groups excluding carboxylic acids is 1. The highest BCUT2D eigenvalue weighted by atomic mass is 19.3. The van der Waals surface area contributed by atoms with Crippen molar-refractivity contribution in [1.29, 1.82) is 0 Å². The zero-order chi connectivity index (χ0) is 13.5. The lowest BCUT2D eigenvalue weighted by molar-refractivity contribution is 0.110. The SMILES string of the molecule is CF.O=Cc1ccc(-c2cccc(C(F)F)c2)o1. The van der Waals surface area contributed by atoms with E-state index in [9.17, 15) is 18.0 Å². The Labute approximate surface area is 102 Å². The third kappa shape index (κ3) is 3.23. The molecule has 5 heteroatoms. The van der Waals surface area contributed by atoms with Crippen LogP contribution in [0.5, 0.6) is 0 Å². The van der Waals surface area contributed by atoms with Crippen LogP contribution in [0.25, 0.3) is 11.3 Å². The van der Waals surface area contributed by atoms with Crippen LogP contribution in [0.15, 0.2) is 40.8 Å². The van der Waals surface area contributed by atoms with E-state index in [0.29, 0.717) is 24.8 Å². The lowest BCUT2D eigenvalue weighted by Crippen LogP contribution is -1.84. The molecular weight excluding hydrogens is 245 g/mol. The lowest BCUT2D eigenvalue weighted by Gasteiger charge is -2.01. The molecule has 0 radical (unpaired) electrons. The van der Waals surface area contributed by atoms with Crippen LogP contribution in [-0.4, -0.2) is 13.5 Å². The molecule has 96 valence electrons. The molecule has 0 amide bonds. The first-order chi connectivity index (χ1) is 8.70. The molecule has 0 spiro atoms. The summed E-state index contributed by atoms with van der Waals surface area (Å²) >= 11 is 0. The Morgan fingerprint density at radius 2 is 1.89 bits per heavy atom. The minimum Gasteiger partial charge on any atom is -0.453 e. The van der Waals surface area contributed by atoms with E-state index in [-0.39, 0.29) is 11.3 Å². The summed E-state index contributed by atoms with van der Waals surface area (Å²) in [6.45, 7) is 0. The van der Waals surface area contributed by atoms with E-state index in [2.05, 4.69) is 0 Å². The zero-order valence-electron chi connectivity index (χ0n) is 9.57. The van der Waals surface area contributed by atoms with Gasteiger partial charge < -0.3 is 4.42 Å². The Kier molecular flexibility index (Phi) is 5.17. The van der Waals surface area contributed by atoms with E-state index < -0.39 is 6.43 Å². The number of benzene rings is 1. The number of rotatable bonds is 3. The fraction of sp³-hybridized carbons (Fsp3) is 0.154. The van der Waals surface area contributed by atoms with Gasteiger partial charge in [0, 0.05) is 11.1 Å². The van der Waals surface area contributed by atoms with Crippen LogP contribution in [0.4, 0.5) is 13.2 Å². The van der Waals surface area contributed by atoms with Gasteiger partial charge in [0.25, 0.3) is 6.43 Å². The van der Waals surface area contributed by atoms with E-state index in [1.165, 1.54) is 24.3 Å². The molecule has 1 aromatic carbocycles. The van der Waals surface area contributed by atoms with Gasteiger partial charge in [-0.25, -0.2) is 8.78 Å². The number of furan rings is 1. The summed E-state index contributed by atoms with van der Waals surface area (Å²) in [6.07, 6.45) is -1.94. The molecule has 0 N–H and O–H groups in total. The van der Waals surface area contributed by atoms with Crippen LogP contribution in [0, 0.1) is 0 Å². The summed E-state index contributed by atoms with van der Waals surface area (Å²) in [6, 6.07) is 8.95. The summed E-state index contributed by atoms with van der Waals surface area (Å²) in [5, 5.41) is 0. The predicted octanol–water partition coefficient (Wildman–Crippen LogP) is 4.28. The third-order valence-corrected chi connectivity index (χ3v) is 2.17. The van der Waals surface area contributed by atoms with E-state index >= 15 is 0 Å².